The lowest BCUT2D eigenvalue weighted by atomic mass is 9.98. The average molecular weight is 384 g/mol. The second-order valence-electron chi connectivity index (χ2n) is 6.74. The molecule has 148 valence electrons. The molecule has 1 aromatic carbocycles. The summed E-state index contributed by atoms with van der Waals surface area (Å²) >= 11 is 0. The number of aromatic nitrogens is 2. The Labute approximate surface area is 163 Å². The summed E-state index contributed by atoms with van der Waals surface area (Å²) in [5, 5.41) is 10.9. The first-order valence-electron chi connectivity index (χ1n) is 9.56. The van der Waals surface area contributed by atoms with E-state index in [9.17, 15) is 14.9 Å². The van der Waals surface area contributed by atoms with Gasteiger partial charge in [-0.1, -0.05) is 6.92 Å². The first kappa shape index (κ1) is 19.7. The van der Waals surface area contributed by atoms with Crippen LogP contribution in [0.15, 0.2) is 30.3 Å². The summed E-state index contributed by atoms with van der Waals surface area (Å²) in [7, 11) is 0. The maximum atomic E-state index is 12.1. The van der Waals surface area contributed by atoms with Crippen molar-refractivity contribution in [3.05, 3.63) is 46.1 Å². The monoisotopic (exact) mass is 384 g/mol. The molecule has 8 nitrogen and oxygen atoms in total. The van der Waals surface area contributed by atoms with Crippen LogP contribution in [-0.2, 0) is 16.0 Å². The van der Waals surface area contributed by atoms with E-state index in [-0.39, 0.29) is 17.6 Å². The lowest BCUT2D eigenvalue weighted by molar-refractivity contribution is -0.384. The summed E-state index contributed by atoms with van der Waals surface area (Å²) in [6.45, 7) is 5.60. The number of rotatable bonds is 6. The number of carbonyl (C=O) groups is 1. The van der Waals surface area contributed by atoms with Crippen molar-refractivity contribution in [3.8, 4) is 11.4 Å². The van der Waals surface area contributed by atoms with Gasteiger partial charge in [0.05, 0.1) is 17.4 Å². The van der Waals surface area contributed by atoms with E-state index in [0.717, 1.165) is 42.9 Å². The van der Waals surface area contributed by atoms with Gasteiger partial charge in [-0.15, -0.1) is 0 Å². The van der Waals surface area contributed by atoms with Gasteiger partial charge in [-0.2, -0.15) is 0 Å². The van der Waals surface area contributed by atoms with Gasteiger partial charge in [-0.05, 0) is 38.3 Å². The molecule has 1 fully saturated rings. The summed E-state index contributed by atoms with van der Waals surface area (Å²) in [4.78, 5) is 33.9. The van der Waals surface area contributed by atoms with Crippen LogP contribution in [0, 0.1) is 16.0 Å². The Morgan fingerprint density at radius 3 is 2.68 bits per heavy atom. The molecular weight excluding hydrogens is 360 g/mol. The van der Waals surface area contributed by atoms with E-state index in [4.69, 9.17) is 4.74 Å². The average Bonchev–Trinajstić information content (AvgIpc) is 2.73. The molecule has 8 heteroatoms. The number of carbonyl (C=O) groups excluding carboxylic acids is 1. The highest BCUT2D eigenvalue weighted by atomic mass is 16.6. The lowest BCUT2D eigenvalue weighted by Crippen LogP contribution is -2.40. The Morgan fingerprint density at radius 2 is 2.04 bits per heavy atom. The number of hydrogen-bond acceptors (Lipinski definition) is 7. The molecule has 0 radical (unpaired) electrons. The number of non-ortho nitro benzene ring substituents is 1. The van der Waals surface area contributed by atoms with Crippen LogP contribution in [0.3, 0.4) is 0 Å². The fourth-order valence-electron chi connectivity index (χ4n) is 3.33. The summed E-state index contributed by atoms with van der Waals surface area (Å²) in [6, 6.07) is 8.17. The molecule has 0 aliphatic carbocycles. The number of anilines is 1. The van der Waals surface area contributed by atoms with Crippen LogP contribution in [-0.4, -0.2) is 40.6 Å². The Kier molecular flexibility index (Phi) is 6.18. The van der Waals surface area contributed by atoms with Gasteiger partial charge in [0.15, 0.2) is 5.82 Å². The van der Waals surface area contributed by atoms with Crippen molar-refractivity contribution in [2.75, 3.05) is 24.6 Å². The highest BCUT2D eigenvalue weighted by molar-refractivity contribution is 5.73. The van der Waals surface area contributed by atoms with E-state index in [2.05, 4.69) is 14.9 Å². The SMILES string of the molecule is CCOC(=O)C1CCCN(c2cc(CC)nc(-c3ccc([N+](=O)[O-])cc3)n2)C1. The maximum absolute atomic E-state index is 12.1. The minimum absolute atomic E-state index is 0.0314. The molecule has 1 saturated heterocycles. The standard InChI is InChI=1S/C20H24N4O4/c1-3-16-12-18(23-11-5-6-15(13-23)20(25)28-4-2)22-19(21-16)14-7-9-17(10-8-14)24(26)27/h7-10,12,15H,3-6,11,13H2,1-2H3. The van der Waals surface area contributed by atoms with E-state index in [1.165, 1.54) is 12.1 Å². The van der Waals surface area contributed by atoms with Crippen molar-refractivity contribution in [1.29, 1.82) is 0 Å². The van der Waals surface area contributed by atoms with E-state index >= 15 is 0 Å². The van der Waals surface area contributed by atoms with Gasteiger partial charge in [0, 0.05) is 42.5 Å². The quantitative estimate of drug-likeness (QED) is 0.428. The van der Waals surface area contributed by atoms with E-state index < -0.39 is 4.92 Å². The summed E-state index contributed by atoms with van der Waals surface area (Å²) in [6.07, 6.45) is 2.45. The van der Waals surface area contributed by atoms with Gasteiger partial charge in [0.1, 0.15) is 5.82 Å². The Hall–Kier alpha value is -3.03. The fraction of sp³-hybridized carbons (Fsp3) is 0.450. The predicted molar refractivity (Wildman–Crippen MR) is 105 cm³/mol. The zero-order chi connectivity index (χ0) is 20.1. The van der Waals surface area contributed by atoms with Gasteiger partial charge in [0.25, 0.3) is 5.69 Å². The Morgan fingerprint density at radius 1 is 1.29 bits per heavy atom. The number of benzene rings is 1. The third-order valence-corrected chi connectivity index (χ3v) is 4.83. The predicted octanol–water partition coefficient (Wildman–Crippen LogP) is 3.39. The van der Waals surface area contributed by atoms with E-state index in [1.807, 2.05) is 19.9 Å². The van der Waals surface area contributed by atoms with Crippen LogP contribution in [0.25, 0.3) is 11.4 Å². The molecule has 3 rings (SSSR count). The molecule has 0 N–H and O–H groups in total. The van der Waals surface area contributed by atoms with Gasteiger partial charge in [-0.3, -0.25) is 14.9 Å². The van der Waals surface area contributed by atoms with Crippen molar-refractivity contribution >= 4 is 17.5 Å². The van der Waals surface area contributed by atoms with Crippen molar-refractivity contribution < 1.29 is 14.5 Å². The zero-order valence-corrected chi connectivity index (χ0v) is 16.1. The van der Waals surface area contributed by atoms with Gasteiger partial charge < -0.3 is 9.64 Å². The minimum Gasteiger partial charge on any atom is -0.466 e. The lowest BCUT2D eigenvalue weighted by Gasteiger charge is -2.32. The number of nitro groups is 1. The van der Waals surface area contributed by atoms with Crippen LogP contribution in [0.2, 0.25) is 0 Å². The first-order valence-corrected chi connectivity index (χ1v) is 9.56. The fourth-order valence-corrected chi connectivity index (χ4v) is 3.33. The van der Waals surface area contributed by atoms with Gasteiger partial charge in [0.2, 0.25) is 0 Å². The zero-order valence-electron chi connectivity index (χ0n) is 16.1. The number of esters is 1. The molecule has 0 saturated carbocycles. The van der Waals surface area contributed by atoms with Crippen molar-refractivity contribution in [2.45, 2.75) is 33.1 Å². The highest BCUT2D eigenvalue weighted by Gasteiger charge is 2.28. The number of piperidine rings is 1. The Balaban J connectivity index is 1.88. The molecule has 1 aliphatic rings. The molecule has 0 bridgehead atoms. The molecule has 0 amide bonds. The third-order valence-electron chi connectivity index (χ3n) is 4.83. The molecule has 1 aliphatic heterocycles. The molecule has 2 aromatic rings. The van der Waals surface area contributed by atoms with Crippen LogP contribution >= 0.6 is 0 Å². The summed E-state index contributed by atoms with van der Waals surface area (Å²) < 4.78 is 5.18. The second kappa shape index (κ2) is 8.77. The van der Waals surface area contributed by atoms with Crippen molar-refractivity contribution in [1.82, 2.24) is 9.97 Å². The first-order chi connectivity index (χ1) is 13.5. The molecule has 28 heavy (non-hydrogen) atoms. The van der Waals surface area contributed by atoms with Crippen LogP contribution < -0.4 is 4.90 Å². The molecule has 2 heterocycles. The summed E-state index contributed by atoms with van der Waals surface area (Å²) in [5.41, 5.74) is 1.64. The minimum atomic E-state index is -0.429. The molecule has 0 spiro atoms. The van der Waals surface area contributed by atoms with Gasteiger partial charge in [-0.25, -0.2) is 9.97 Å². The van der Waals surface area contributed by atoms with Crippen LogP contribution in [0.5, 0.6) is 0 Å². The number of nitro benzene ring substituents is 1. The number of aryl methyl sites for hydroxylation is 1. The molecule has 1 aromatic heterocycles. The van der Waals surface area contributed by atoms with Crippen LogP contribution in [0.4, 0.5) is 11.5 Å². The Bertz CT molecular complexity index is 854. The number of hydrogen-bond donors (Lipinski definition) is 0. The van der Waals surface area contributed by atoms with Crippen molar-refractivity contribution in [3.63, 3.8) is 0 Å². The van der Waals surface area contributed by atoms with Crippen LogP contribution in [0.1, 0.15) is 32.4 Å². The van der Waals surface area contributed by atoms with Crippen molar-refractivity contribution in [2.24, 2.45) is 5.92 Å². The second-order valence-corrected chi connectivity index (χ2v) is 6.74. The topological polar surface area (TPSA) is 98.5 Å². The van der Waals surface area contributed by atoms with E-state index in [0.29, 0.717) is 19.0 Å². The summed E-state index contributed by atoms with van der Waals surface area (Å²) in [5.74, 6) is 0.987. The third kappa shape index (κ3) is 4.44. The van der Waals surface area contributed by atoms with E-state index in [1.54, 1.807) is 12.1 Å². The molecule has 1 unspecified atom stereocenters. The molecule has 1 atom stereocenters. The highest BCUT2D eigenvalue weighted by Crippen LogP contribution is 2.26. The number of ether oxygens (including phenoxy) is 1. The smallest absolute Gasteiger partial charge is 0.310 e. The largest absolute Gasteiger partial charge is 0.466 e. The maximum Gasteiger partial charge on any atom is 0.310 e. The molecular formula is C20H24N4O4. The normalized spacial score (nSPS) is 16.6. The van der Waals surface area contributed by atoms with Gasteiger partial charge >= 0.3 is 5.97 Å². The number of nitrogens with zero attached hydrogens (tertiary/aromatic N) is 4.